The van der Waals surface area contributed by atoms with Gasteiger partial charge in [0, 0.05) is 6.54 Å². The van der Waals surface area contributed by atoms with Crippen LogP contribution in [0.3, 0.4) is 0 Å². The lowest BCUT2D eigenvalue weighted by molar-refractivity contribution is -0.123. The molecule has 0 saturated heterocycles. The van der Waals surface area contributed by atoms with Gasteiger partial charge in [0.15, 0.2) is 18.1 Å². The average molecular weight is 327 g/mol. The minimum absolute atomic E-state index is 0.0189. The highest BCUT2D eigenvalue weighted by molar-refractivity contribution is 5.77. The third kappa shape index (κ3) is 3.98. The fourth-order valence-corrected chi connectivity index (χ4v) is 2.60. The van der Waals surface area contributed by atoms with Gasteiger partial charge in [0.05, 0.1) is 0 Å². The van der Waals surface area contributed by atoms with Gasteiger partial charge in [-0.3, -0.25) is 4.79 Å². The van der Waals surface area contributed by atoms with Crippen LogP contribution in [0, 0.1) is 13.8 Å². The maximum atomic E-state index is 11.9. The van der Waals surface area contributed by atoms with E-state index in [2.05, 4.69) is 5.32 Å². The molecule has 0 aromatic heterocycles. The molecular weight excluding hydrogens is 306 g/mol. The molecule has 1 heterocycles. The normalized spacial score (nSPS) is 12.1. The standard InChI is InChI=1S/C19H21NO4/c1-13-3-5-16(14(2)9-13)22-11-19(21)20-8-7-15-4-6-17-18(10-15)24-12-23-17/h3-6,9-10H,7-8,11-12H2,1-2H3,(H,20,21). The predicted octanol–water partition coefficient (Wildman–Crippen LogP) is 2.77. The molecule has 0 saturated carbocycles. The van der Waals surface area contributed by atoms with E-state index in [-0.39, 0.29) is 19.3 Å². The first kappa shape index (κ1) is 16.2. The third-order valence-electron chi connectivity index (χ3n) is 3.86. The number of ether oxygens (including phenoxy) is 3. The number of amides is 1. The van der Waals surface area contributed by atoms with Crippen molar-refractivity contribution in [2.24, 2.45) is 0 Å². The molecule has 126 valence electrons. The van der Waals surface area contributed by atoms with E-state index in [1.54, 1.807) is 0 Å². The molecule has 24 heavy (non-hydrogen) atoms. The zero-order valence-electron chi connectivity index (χ0n) is 13.9. The molecule has 5 nitrogen and oxygen atoms in total. The van der Waals surface area contributed by atoms with Crippen LogP contribution >= 0.6 is 0 Å². The molecule has 5 heteroatoms. The van der Waals surface area contributed by atoms with E-state index < -0.39 is 0 Å². The highest BCUT2D eigenvalue weighted by Gasteiger charge is 2.13. The SMILES string of the molecule is Cc1ccc(OCC(=O)NCCc2ccc3c(c2)OCO3)c(C)c1. The first-order valence-corrected chi connectivity index (χ1v) is 7.97. The van der Waals surface area contributed by atoms with Gasteiger partial charge in [0.25, 0.3) is 5.91 Å². The zero-order valence-corrected chi connectivity index (χ0v) is 13.9. The molecule has 0 radical (unpaired) electrons. The topological polar surface area (TPSA) is 56.8 Å². The van der Waals surface area contributed by atoms with Gasteiger partial charge in [-0.2, -0.15) is 0 Å². The monoisotopic (exact) mass is 327 g/mol. The Morgan fingerprint density at radius 2 is 1.96 bits per heavy atom. The molecule has 1 aliphatic heterocycles. The number of carbonyl (C=O) groups is 1. The molecule has 0 bridgehead atoms. The molecule has 3 rings (SSSR count). The lowest BCUT2D eigenvalue weighted by Gasteiger charge is -2.10. The Labute approximate surface area is 141 Å². The molecule has 1 N–H and O–H groups in total. The summed E-state index contributed by atoms with van der Waals surface area (Å²) in [6.07, 6.45) is 0.728. The average Bonchev–Trinajstić information content (AvgIpc) is 3.02. The van der Waals surface area contributed by atoms with Crippen LogP contribution in [0.25, 0.3) is 0 Å². The van der Waals surface area contributed by atoms with Crippen LogP contribution in [0.2, 0.25) is 0 Å². The molecule has 1 amide bonds. The van der Waals surface area contributed by atoms with Gasteiger partial charge in [-0.25, -0.2) is 0 Å². The van der Waals surface area contributed by atoms with E-state index >= 15 is 0 Å². The molecule has 0 atom stereocenters. The molecule has 2 aromatic carbocycles. The zero-order chi connectivity index (χ0) is 16.9. The van der Waals surface area contributed by atoms with Crippen molar-refractivity contribution in [3.8, 4) is 17.2 Å². The fourth-order valence-electron chi connectivity index (χ4n) is 2.60. The second-order valence-corrected chi connectivity index (χ2v) is 5.85. The van der Waals surface area contributed by atoms with Crippen LogP contribution in [0.5, 0.6) is 17.2 Å². The number of benzene rings is 2. The molecule has 0 aliphatic carbocycles. The van der Waals surface area contributed by atoms with Crippen LogP contribution in [0.15, 0.2) is 36.4 Å². The van der Waals surface area contributed by atoms with Crippen molar-refractivity contribution in [1.29, 1.82) is 0 Å². The summed E-state index contributed by atoms with van der Waals surface area (Å²) < 4.78 is 16.2. The maximum Gasteiger partial charge on any atom is 0.257 e. The summed E-state index contributed by atoms with van der Waals surface area (Å²) in [6.45, 7) is 4.84. The quantitative estimate of drug-likeness (QED) is 0.886. The van der Waals surface area contributed by atoms with Crippen LogP contribution in [-0.4, -0.2) is 25.9 Å². The Balaban J connectivity index is 1.42. The minimum atomic E-state index is -0.129. The number of fused-ring (bicyclic) bond motifs is 1. The maximum absolute atomic E-state index is 11.9. The lowest BCUT2D eigenvalue weighted by atomic mass is 10.1. The van der Waals surface area contributed by atoms with Crippen LogP contribution in [-0.2, 0) is 11.2 Å². The van der Waals surface area contributed by atoms with Gasteiger partial charge in [0.2, 0.25) is 6.79 Å². The van der Waals surface area contributed by atoms with Gasteiger partial charge in [-0.15, -0.1) is 0 Å². The first-order chi connectivity index (χ1) is 11.6. The second-order valence-electron chi connectivity index (χ2n) is 5.85. The Morgan fingerprint density at radius 3 is 2.79 bits per heavy atom. The highest BCUT2D eigenvalue weighted by Crippen LogP contribution is 2.32. The summed E-state index contributed by atoms with van der Waals surface area (Å²) in [5, 5.41) is 2.86. The summed E-state index contributed by atoms with van der Waals surface area (Å²) in [5.74, 6) is 2.14. The number of aryl methyl sites for hydroxylation is 2. The summed E-state index contributed by atoms with van der Waals surface area (Å²) in [5.41, 5.74) is 3.30. The van der Waals surface area contributed by atoms with Gasteiger partial charge in [0.1, 0.15) is 5.75 Å². The number of carbonyl (C=O) groups excluding carboxylic acids is 1. The van der Waals surface area contributed by atoms with Gasteiger partial charge < -0.3 is 19.5 Å². The van der Waals surface area contributed by atoms with E-state index in [1.807, 2.05) is 50.2 Å². The smallest absolute Gasteiger partial charge is 0.257 e. The van der Waals surface area contributed by atoms with Crippen molar-refractivity contribution in [2.45, 2.75) is 20.3 Å². The van der Waals surface area contributed by atoms with Crippen molar-refractivity contribution < 1.29 is 19.0 Å². The second kappa shape index (κ2) is 7.25. The van der Waals surface area contributed by atoms with E-state index in [1.165, 1.54) is 5.56 Å². The van der Waals surface area contributed by atoms with E-state index in [0.29, 0.717) is 6.54 Å². The van der Waals surface area contributed by atoms with Gasteiger partial charge in [-0.1, -0.05) is 23.8 Å². The van der Waals surface area contributed by atoms with Crippen LogP contribution in [0.4, 0.5) is 0 Å². The minimum Gasteiger partial charge on any atom is -0.484 e. The number of nitrogens with one attached hydrogen (secondary N) is 1. The van der Waals surface area contributed by atoms with Gasteiger partial charge in [-0.05, 0) is 49.6 Å². The van der Waals surface area contributed by atoms with Gasteiger partial charge >= 0.3 is 0 Å². The van der Waals surface area contributed by atoms with Crippen molar-refractivity contribution in [2.75, 3.05) is 19.9 Å². The lowest BCUT2D eigenvalue weighted by Crippen LogP contribution is -2.30. The predicted molar refractivity (Wildman–Crippen MR) is 90.7 cm³/mol. The van der Waals surface area contributed by atoms with E-state index in [4.69, 9.17) is 14.2 Å². The molecule has 0 unspecified atom stereocenters. The first-order valence-electron chi connectivity index (χ1n) is 7.97. The highest BCUT2D eigenvalue weighted by atomic mass is 16.7. The van der Waals surface area contributed by atoms with Crippen LogP contribution < -0.4 is 19.5 Å². The summed E-state index contributed by atoms with van der Waals surface area (Å²) >= 11 is 0. The van der Waals surface area contributed by atoms with Crippen LogP contribution in [0.1, 0.15) is 16.7 Å². The molecule has 0 spiro atoms. The molecule has 1 aliphatic rings. The van der Waals surface area contributed by atoms with E-state index in [0.717, 1.165) is 34.8 Å². The third-order valence-corrected chi connectivity index (χ3v) is 3.86. The van der Waals surface area contributed by atoms with Crippen molar-refractivity contribution in [1.82, 2.24) is 5.32 Å². The summed E-state index contributed by atoms with van der Waals surface area (Å²) in [4.78, 5) is 11.9. The van der Waals surface area contributed by atoms with E-state index in [9.17, 15) is 4.79 Å². The number of rotatable bonds is 6. The van der Waals surface area contributed by atoms with Crippen molar-refractivity contribution in [3.05, 3.63) is 53.1 Å². The van der Waals surface area contributed by atoms with Crippen molar-refractivity contribution >= 4 is 5.91 Å². The summed E-state index contributed by atoms with van der Waals surface area (Å²) in [6, 6.07) is 11.7. The Morgan fingerprint density at radius 1 is 1.12 bits per heavy atom. The molecular formula is C19H21NO4. The largest absolute Gasteiger partial charge is 0.484 e. The number of hydrogen-bond acceptors (Lipinski definition) is 4. The number of hydrogen-bond donors (Lipinski definition) is 1. The van der Waals surface area contributed by atoms with Crippen molar-refractivity contribution in [3.63, 3.8) is 0 Å². The Hall–Kier alpha value is -2.69. The molecule has 0 fully saturated rings. The Kier molecular flexibility index (Phi) is 4.89. The fraction of sp³-hybridized carbons (Fsp3) is 0.316. The summed E-state index contributed by atoms with van der Waals surface area (Å²) in [7, 11) is 0. The molecule has 2 aromatic rings. The Bertz CT molecular complexity index is 742.